The van der Waals surface area contributed by atoms with Gasteiger partial charge in [0.2, 0.25) is 15.9 Å². The summed E-state index contributed by atoms with van der Waals surface area (Å²) in [6.45, 7) is 8.25. The summed E-state index contributed by atoms with van der Waals surface area (Å²) < 4.78 is 38.1. The van der Waals surface area contributed by atoms with Gasteiger partial charge in [0.15, 0.2) is 0 Å². The quantitative estimate of drug-likeness (QED) is 0.709. The molecule has 0 saturated heterocycles. The highest BCUT2D eigenvalue weighted by molar-refractivity contribution is 7.92. The number of hydrogen-bond acceptors (Lipinski definition) is 6. The average Bonchev–Trinajstić information content (AvgIpc) is 2.77. The first-order chi connectivity index (χ1) is 15.0. The monoisotopic (exact) mass is 469 g/mol. The highest BCUT2D eigenvalue weighted by atomic mass is 32.2. The summed E-state index contributed by atoms with van der Waals surface area (Å²) in [6, 6.07) is 4.40. The minimum atomic E-state index is -3.50. The van der Waals surface area contributed by atoms with Crippen molar-refractivity contribution in [3.05, 3.63) is 23.8 Å². The van der Waals surface area contributed by atoms with E-state index in [2.05, 4.69) is 4.72 Å². The first-order valence-corrected chi connectivity index (χ1v) is 12.5. The van der Waals surface area contributed by atoms with Crippen molar-refractivity contribution in [3.8, 4) is 5.75 Å². The number of fused-ring (bicyclic) bond motifs is 1. The van der Waals surface area contributed by atoms with Gasteiger partial charge in [-0.3, -0.25) is 14.3 Å². The summed E-state index contributed by atoms with van der Waals surface area (Å²) in [4.78, 5) is 29.2. The molecule has 0 saturated carbocycles. The predicted octanol–water partition coefficient (Wildman–Crippen LogP) is 2.19. The Morgan fingerprint density at radius 1 is 1.25 bits per heavy atom. The van der Waals surface area contributed by atoms with Gasteiger partial charge >= 0.3 is 0 Å². The van der Waals surface area contributed by atoms with Gasteiger partial charge in [0, 0.05) is 45.3 Å². The number of anilines is 1. The number of benzene rings is 1. The summed E-state index contributed by atoms with van der Waals surface area (Å²) in [6.07, 6.45) is 0.0961. The second-order valence-electron chi connectivity index (χ2n) is 8.21. The summed E-state index contributed by atoms with van der Waals surface area (Å²) in [5.74, 6) is -0.0505. The Morgan fingerprint density at radius 3 is 2.53 bits per heavy atom. The van der Waals surface area contributed by atoms with Crippen LogP contribution in [0, 0.1) is 5.92 Å². The normalized spacial score (nSPS) is 22.9. The molecule has 10 heteroatoms. The minimum Gasteiger partial charge on any atom is -0.491 e. The van der Waals surface area contributed by atoms with Gasteiger partial charge in [0.1, 0.15) is 12.4 Å². The number of nitrogens with zero attached hydrogens (tertiary/aromatic N) is 2. The third kappa shape index (κ3) is 6.35. The van der Waals surface area contributed by atoms with Crippen LogP contribution in [0.5, 0.6) is 5.75 Å². The number of likely N-dealkylation sites (N-methyl/N-ethyl adjacent to an activating group) is 1. The zero-order valence-corrected chi connectivity index (χ0v) is 20.6. The molecule has 9 nitrogen and oxygen atoms in total. The van der Waals surface area contributed by atoms with Crippen molar-refractivity contribution in [2.75, 3.05) is 44.3 Å². The highest BCUT2D eigenvalue weighted by Crippen LogP contribution is 2.27. The molecule has 1 aromatic carbocycles. The number of carbonyl (C=O) groups is 2. The van der Waals surface area contributed by atoms with Crippen LogP contribution in [-0.4, -0.2) is 81.8 Å². The van der Waals surface area contributed by atoms with E-state index in [0.29, 0.717) is 25.3 Å². The molecule has 0 unspecified atom stereocenters. The fraction of sp³-hybridized carbons (Fsp3) is 0.636. The Balaban J connectivity index is 2.48. The van der Waals surface area contributed by atoms with Crippen molar-refractivity contribution < 1.29 is 27.5 Å². The van der Waals surface area contributed by atoms with Crippen LogP contribution in [0.1, 0.15) is 44.5 Å². The highest BCUT2D eigenvalue weighted by Gasteiger charge is 2.30. The summed E-state index contributed by atoms with van der Waals surface area (Å²) in [7, 11) is -0.242. The van der Waals surface area contributed by atoms with Gasteiger partial charge in [-0.15, -0.1) is 0 Å². The van der Waals surface area contributed by atoms with E-state index in [4.69, 9.17) is 9.47 Å². The third-order valence-corrected chi connectivity index (χ3v) is 7.03. The van der Waals surface area contributed by atoms with Gasteiger partial charge < -0.3 is 19.3 Å². The smallest absolute Gasteiger partial charge is 0.257 e. The Labute approximate surface area is 191 Å². The lowest BCUT2D eigenvalue weighted by atomic mass is 10.0. The molecule has 0 spiro atoms. The van der Waals surface area contributed by atoms with Gasteiger partial charge in [-0.2, -0.15) is 0 Å². The topological polar surface area (TPSA) is 105 Å². The Hall–Kier alpha value is -2.33. The number of rotatable bonds is 5. The van der Waals surface area contributed by atoms with Crippen LogP contribution in [0.4, 0.5) is 5.69 Å². The average molecular weight is 470 g/mol. The minimum absolute atomic E-state index is 0.0187. The number of amides is 2. The van der Waals surface area contributed by atoms with Crippen molar-refractivity contribution in [1.82, 2.24) is 9.80 Å². The van der Waals surface area contributed by atoms with E-state index in [1.165, 1.54) is 17.9 Å². The van der Waals surface area contributed by atoms with E-state index in [9.17, 15) is 18.0 Å². The standard InChI is InChI=1S/C22H35N3O6S/c1-7-21(26)25-12-15(3)20(30-6)13-24(5)22(27)18-11-17(23-32(28,29)8-2)9-10-19(18)31-14-16(25)4/h9-11,15-16,20,23H,7-8,12-14H2,1-6H3/t15-,16+,20-/m0/s1. The summed E-state index contributed by atoms with van der Waals surface area (Å²) in [5, 5.41) is 0. The number of carbonyl (C=O) groups excluding carboxylic acids is 2. The van der Waals surface area contributed by atoms with Crippen LogP contribution < -0.4 is 9.46 Å². The molecule has 1 heterocycles. The molecule has 0 radical (unpaired) electrons. The Morgan fingerprint density at radius 2 is 1.94 bits per heavy atom. The van der Waals surface area contributed by atoms with Crippen molar-refractivity contribution in [2.24, 2.45) is 5.92 Å². The van der Waals surface area contributed by atoms with Gasteiger partial charge in [-0.05, 0) is 32.0 Å². The van der Waals surface area contributed by atoms with Crippen molar-refractivity contribution >= 4 is 27.5 Å². The molecule has 180 valence electrons. The lowest BCUT2D eigenvalue weighted by Crippen LogP contribution is -2.48. The van der Waals surface area contributed by atoms with E-state index in [0.717, 1.165) is 0 Å². The lowest BCUT2D eigenvalue weighted by molar-refractivity contribution is -0.135. The predicted molar refractivity (Wildman–Crippen MR) is 123 cm³/mol. The molecule has 0 aromatic heterocycles. The molecule has 32 heavy (non-hydrogen) atoms. The van der Waals surface area contributed by atoms with E-state index in [1.807, 2.05) is 20.8 Å². The van der Waals surface area contributed by atoms with Crippen LogP contribution in [0.25, 0.3) is 0 Å². The molecule has 2 rings (SSSR count). The second kappa shape index (κ2) is 11.0. The van der Waals surface area contributed by atoms with E-state index >= 15 is 0 Å². The van der Waals surface area contributed by atoms with Gasteiger partial charge in [-0.1, -0.05) is 13.8 Å². The lowest BCUT2D eigenvalue weighted by Gasteiger charge is -2.36. The largest absolute Gasteiger partial charge is 0.491 e. The molecular weight excluding hydrogens is 434 g/mol. The Kier molecular flexibility index (Phi) is 8.91. The summed E-state index contributed by atoms with van der Waals surface area (Å²) in [5.41, 5.74) is 0.531. The molecule has 0 fully saturated rings. The van der Waals surface area contributed by atoms with E-state index in [1.54, 1.807) is 31.2 Å². The fourth-order valence-electron chi connectivity index (χ4n) is 3.64. The van der Waals surface area contributed by atoms with Crippen molar-refractivity contribution in [3.63, 3.8) is 0 Å². The van der Waals surface area contributed by atoms with Crippen LogP contribution in [-0.2, 0) is 19.6 Å². The molecule has 1 aliphatic rings. The molecule has 1 N–H and O–H groups in total. The molecule has 0 aliphatic carbocycles. The number of ether oxygens (including phenoxy) is 2. The number of methoxy groups -OCH3 is 1. The van der Waals surface area contributed by atoms with E-state index < -0.39 is 10.0 Å². The Bertz CT molecular complexity index is 920. The zero-order valence-electron chi connectivity index (χ0n) is 19.8. The molecule has 1 aliphatic heterocycles. The van der Waals surface area contributed by atoms with Crippen LogP contribution in [0.2, 0.25) is 0 Å². The number of nitrogens with one attached hydrogen (secondary N) is 1. The summed E-state index contributed by atoms with van der Waals surface area (Å²) >= 11 is 0. The molecule has 3 atom stereocenters. The SMILES string of the molecule is CCC(=O)N1C[C@H](C)[C@@H](OC)CN(C)C(=O)c2cc(NS(=O)(=O)CC)ccc2OC[C@H]1C. The third-order valence-electron chi connectivity index (χ3n) is 5.72. The van der Waals surface area contributed by atoms with Crippen LogP contribution in [0.15, 0.2) is 18.2 Å². The molecule has 1 aromatic rings. The maximum atomic E-state index is 13.3. The number of sulfonamides is 1. The van der Waals surface area contributed by atoms with Crippen LogP contribution >= 0.6 is 0 Å². The molecular formula is C22H35N3O6S. The van der Waals surface area contributed by atoms with Crippen LogP contribution in [0.3, 0.4) is 0 Å². The maximum absolute atomic E-state index is 13.3. The van der Waals surface area contributed by atoms with Crippen molar-refractivity contribution in [2.45, 2.75) is 46.3 Å². The molecule has 0 bridgehead atoms. The zero-order chi connectivity index (χ0) is 24.1. The van der Waals surface area contributed by atoms with Gasteiger partial charge in [0.25, 0.3) is 5.91 Å². The van der Waals surface area contributed by atoms with Gasteiger partial charge in [-0.25, -0.2) is 8.42 Å². The molecule has 2 amide bonds. The van der Waals surface area contributed by atoms with Gasteiger partial charge in [0.05, 0.1) is 23.5 Å². The second-order valence-corrected chi connectivity index (χ2v) is 10.2. The van der Waals surface area contributed by atoms with E-state index in [-0.39, 0.29) is 53.5 Å². The maximum Gasteiger partial charge on any atom is 0.257 e. The first kappa shape index (κ1) is 25.9. The fourth-order valence-corrected chi connectivity index (χ4v) is 4.27. The van der Waals surface area contributed by atoms with Crippen molar-refractivity contribution in [1.29, 1.82) is 0 Å². The number of hydrogen-bond donors (Lipinski definition) is 1. The first-order valence-electron chi connectivity index (χ1n) is 10.9.